The summed E-state index contributed by atoms with van der Waals surface area (Å²) in [7, 11) is 0. The van der Waals surface area contributed by atoms with Gasteiger partial charge >= 0.3 is 5.97 Å². The number of carboxylic acid groups (broad SMARTS) is 1. The fourth-order valence-corrected chi connectivity index (χ4v) is 5.42. The number of aromatic carboxylic acids is 1. The Balaban J connectivity index is 1.13. The molecule has 10 nitrogen and oxygen atoms in total. The van der Waals surface area contributed by atoms with Crippen LogP contribution in [0.2, 0.25) is 0 Å². The number of nitrogens with zero attached hydrogens (tertiary/aromatic N) is 6. The monoisotopic (exact) mass is 570 g/mol. The van der Waals surface area contributed by atoms with Gasteiger partial charge in [0, 0.05) is 49.6 Å². The molecular weight excluding hydrogens is 539 g/mol. The van der Waals surface area contributed by atoms with Crippen LogP contribution in [0.25, 0.3) is 11.2 Å². The summed E-state index contributed by atoms with van der Waals surface area (Å²) in [6.07, 6.45) is 1.03. The minimum atomic E-state index is -1.06. The Morgan fingerprint density at radius 3 is 2.76 bits per heavy atom. The maximum absolute atomic E-state index is 14.3. The van der Waals surface area contributed by atoms with Crippen LogP contribution in [-0.2, 0) is 24.4 Å². The number of anilines is 1. The molecule has 1 N–H and O–H groups in total. The van der Waals surface area contributed by atoms with Gasteiger partial charge in [0.2, 0.25) is 0 Å². The second-order valence-corrected chi connectivity index (χ2v) is 10.7. The summed E-state index contributed by atoms with van der Waals surface area (Å²) in [4.78, 5) is 25.5. The van der Waals surface area contributed by atoms with Crippen molar-refractivity contribution in [2.75, 3.05) is 31.1 Å². The normalized spacial score (nSPS) is 18.9. The number of pyridine rings is 1. The SMILES string of the molecule is C[C@H]1CN(c2cccc(OCc3ccc(C#N)cc3F)c2)CCN1Cc1nc2ccc(C(=O)O)nc2n1C[C@@H]1CCO1. The highest BCUT2D eigenvalue weighted by Crippen LogP contribution is 2.27. The van der Waals surface area contributed by atoms with Crippen LogP contribution >= 0.6 is 0 Å². The van der Waals surface area contributed by atoms with Gasteiger partial charge in [-0.3, -0.25) is 4.90 Å². The van der Waals surface area contributed by atoms with Crippen molar-refractivity contribution in [2.24, 2.45) is 0 Å². The lowest BCUT2D eigenvalue weighted by atomic mass is 10.1. The van der Waals surface area contributed by atoms with Gasteiger partial charge in [0.25, 0.3) is 0 Å². The number of piperazine rings is 1. The summed E-state index contributed by atoms with van der Waals surface area (Å²) >= 11 is 0. The molecule has 0 amide bonds. The fourth-order valence-electron chi connectivity index (χ4n) is 5.42. The van der Waals surface area contributed by atoms with E-state index in [0.717, 1.165) is 44.2 Å². The number of hydrogen-bond donors (Lipinski definition) is 1. The molecule has 2 aliphatic heterocycles. The lowest BCUT2D eigenvalue weighted by Crippen LogP contribution is -2.51. The Bertz CT molecular complexity index is 1660. The van der Waals surface area contributed by atoms with Crippen molar-refractivity contribution in [3.8, 4) is 11.8 Å². The highest BCUT2D eigenvalue weighted by Gasteiger charge is 2.28. The summed E-state index contributed by atoms with van der Waals surface area (Å²) in [5, 5.41) is 18.4. The van der Waals surface area contributed by atoms with Gasteiger partial charge in [0.15, 0.2) is 11.3 Å². The van der Waals surface area contributed by atoms with Gasteiger partial charge in [-0.25, -0.2) is 19.2 Å². The first kappa shape index (κ1) is 27.6. The molecular formula is C31H31FN6O4. The van der Waals surface area contributed by atoms with Crippen molar-refractivity contribution in [1.29, 1.82) is 5.26 Å². The Kier molecular flexibility index (Phi) is 7.73. The van der Waals surface area contributed by atoms with E-state index in [9.17, 15) is 14.3 Å². The number of benzene rings is 2. The van der Waals surface area contributed by atoms with Gasteiger partial charge in [-0.2, -0.15) is 5.26 Å². The van der Waals surface area contributed by atoms with Crippen LogP contribution in [0.15, 0.2) is 54.6 Å². The third kappa shape index (κ3) is 5.77. The van der Waals surface area contributed by atoms with Crippen LogP contribution in [0, 0.1) is 17.1 Å². The Labute approximate surface area is 242 Å². The van der Waals surface area contributed by atoms with Gasteiger partial charge in [-0.15, -0.1) is 0 Å². The summed E-state index contributed by atoms with van der Waals surface area (Å²) in [6.45, 7) is 6.59. The van der Waals surface area contributed by atoms with E-state index >= 15 is 0 Å². The highest BCUT2D eigenvalue weighted by molar-refractivity contribution is 5.88. The van der Waals surface area contributed by atoms with Gasteiger partial charge in [0.05, 0.1) is 30.8 Å². The number of imidazole rings is 1. The lowest BCUT2D eigenvalue weighted by molar-refractivity contribution is -0.0593. The zero-order valence-corrected chi connectivity index (χ0v) is 23.2. The van der Waals surface area contributed by atoms with E-state index in [4.69, 9.17) is 19.7 Å². The van der Waals surface area contributed by atoms with Gasteiger partial charge < -0.3 is 24.0 Å². The zero-order valence-electron chi connectivity index (χ0n) is 23.2. The van der Waals surface area contributed by atoms with Crippen molar-refractivity contribution in [3.05, 3.63) is 83.1 Å². The molecule has 4 aromatic rings. The average Bonchev–Trinajstić information content (AvgIpc) is 3.31. The summed E-state index contributed by atoms with van der Waals surface area (Å²) in [5.74, 6) is -0.0264. The van der Waals surface area contributed by atoms with Crippen molar-refractivity contribution < 1.29 is 23.8 Å². The summed E-state index contributed by atoms with van der Waals surface area (Å²) in [6, 6.07) is 17.5. The molecule has 0 saturated carbocycles. The van der Waals surface area contributed by atoms with Crippen LogP contribution in [0.3, 0.4) is 0 Å². The van der Waals surface area contributed by atoms with E-state index in [1.165, 1.54) is 12.1 Å². The topological polar surface area (TPSA) is 117 Å². The predicted octanol–water partition coefficient (Wildman–Crippen LogP) is 4.22. The Morgan fingerprint density at radius 1 is 1.19 bits per heavy atom. The first-order valence-corrected chi connectivity index (χ1v) is 14.0. The number of halogens is 1. The molecule has 2 saturated heterocycles. The number of nitriles is 1. The molecule has 216 valence electrons. The van der Waals surface area contributed by atoms with E-state index in [-0.39, 0.29) is 30.0 Å². The van der Waals surface area contributed by atoms with Crippen molar-refractivity contribution in [2.45, 2.75) is 45.2 Å². The van der Waals surface area contributed by atoms with Crippen LogP contribution in [-0.4, -0.2) is 68.9 Å². The standard InChI is InChI=1S/C31H31FN6O4/c1-20-16-37(23-3-2-4-24(14-23)42-19-22-6-5-21(15-33)13-26(22)32)11-10-36(20)18-29-34-27-7-8-28(31(39)40)35-30(27)38(29)17-25-9-12-41-25/h2-8,13-14,20,25H,9-12,16-19H2,1H3,(H,39,40)/t20-,25-/m0/s1. The molecule has 0 radical (unpaired) electrons. The number of fused-ring (bicyclic) bond motifs is 1. The third-order valence-electron chi connectivity index (χ3n) is 7.94. The maximum atomic E-state index is 14.3. The zero-order chi connectivity index (χ0) is 29.2. The molecule has 0 bridgehead atoms. The van der Waals surface area contributed by atoms with Gasteiger partial charge in [-0.1, -0.05) is 12.1 Å². The Morgan fingerprint density at radius 2 is 2.05 bits per heavy atom. The molecule has 0 aliphatic carbocycles. The number of aromatic nitrogens is 3. The lowest BCUT2D eigenvalue weighted by Gasteiger charge is -2.41. The van der Waals surface area contributed by atoms with E-state index < -0.39 is 11.8 Å². The van der Waals surface area contributed by atoms with Crippen LogP contribution in [0.4, 0.5) is 10.1 Å². The average molecular weight is 571 g/mol. The molecule has 11 heteroatoms. The quantitative estimate of drug-likeness (QED) is 0.316. The minimum Gasteiger partial charge on any atom is -0.489 e. The first-order chi connectivity index (χ1) is 20.4. The largest absolute Gasteiger partial charge is 0.489 e. The van der Waals surface area contributed by atoms with E-state index in [0.29, 0.717) is 35.6 Å². The first-order valence-electron chi connectivity index (χ1n) is 14.0. The van der Waals surface area contributed by atoms with E-state index in [2.05, 4.69) is 21.7 Å². The van der Waals surface area contributed by atoms with Crippen molar-refractivity contribution >= 4 is 22.8 Å². The smallest absolute Gasteiger partial charge is 0.354 e. The number of ether oxygens (including phenoxy) is 2. The third-order valence-corrected chi connectivity index (χ3v) is 7.94. The summed E-state index contributed by atoms with van der Waals surface area (Å²) in [5.41, 5.74) is 2.95. The van der Waals surface area contributed by atoms with Gasteiger partial charge in [-0.05, 0) is 49.7 Å². The molecule has 2 aromatic carbocycles. The summed E-state index contributed by atoms with van der Waals surface area (Å²) < 4.78 is 27.9. The van der Waals surface area contributed by atoms with Crippen molar-refractivity contribution in [1.82, 2.24) is 19.4 Å². The molecule has 2 atom stereocenters. The number of hydrogen-bond acceptors (Lipinski definition) is 8. The molecule has 2 fully saturated rings. The van der Waals surface area contributed by atoms with Crippen LogP contribution in [0.1, 0.15) is 40.8 Å². The number of carbonyl (C=O) groups is 1. The second-order valence-electron chi connectivity index (χ2n) is 10.7. The van der Waals surface area contributed by atoms with Gasteiger partial charge in [0.1, 0.15) is 29.5 Å². The second kappa shape index (κ2) is 11.8. The molecule has 4 heterocycles. The highest BCUT2D eigenvalue weighted by atomic mass is 19.1. The molecule has 6 rings (SSSR count). The van der Waals surface area contributed by atoms with Crippen LogP contribution in [0.5, 0.6) is 5.75 Å². The molecule has 2 aliphatic rings. The minimum absolute atomic E-state index is 0.0000387. The molecule has 2 aromatic heterocycles. The Hall–Kier alpha value is -4.53. The number of carboxylic acids is 1. The predicted molar refractivity (Wildman–Crippen MR) is 153 cm³/mol. The molecule has 0 spiro atoms. The van der Waals surface area contributed by atoms with E-state index in [1.54, 1.807) is 18.2 Å². The molecule has 42 heavy (non-hydrogen) atoms. The maximum Gasteiger partial charge on any atom is 0.354 e. The van der Waals surface area contributed by atoms with Crippen LogP contribution < -0.4 is 9.64 Å². The van der Waals surface area contributed by atoms with E-state index in [1.807, 2.05) is 34.9 Å². The molecule has 0 unspecified atom stereocenters. The fraction of sp³-hybridized carbons (Fsp3) is 0.355. The van der Waals surface area contributed by atoms with Crippen molar-refractivity contribution in [3.63, 3.8) is 0 Å². The number of rotatable bonds is 9.